The first-order valence-corrected chi connectivity index (χ1v) is 13.3. The Morgan fingerprint density at radius 3 is 2.23 bits per heavy atom. The van der Waals surface area contributed by atoms with Crippen LogP contribution in [0.2, 0.25) is 0 Å². The highest BCUT2D eigenvalue weighted by Crippen LogP contribution is 2.19. The van der Waals surface area contributed by atoms with E-state index in [1.54, 1.807) is 6.20 Å². The molecule has 0 spiro atoms. The topological polar surface area (TPSA) is 213 Å². The molecular formula is C27H42N6O6. The number of benzene rings is 1. The molecule has 1 heterocycles. The fraction of sp³-hybridized carbons (Fsp3) is 0.556. The monoisotopic (exact) mass is 546 g/mol. The number of aliphatic carboxylic acids is 1. The average molecular weight is 547 g/mol. The summed E-state index contributed by atoms with van der Waals surface area (Å²) in [5.74, 6) is -3.27. The molecule has 0 bridgehead atoms. The van der Waals surface area contributed by atoms with Crippen LogP contribution >= 0.6 is 0 Å². The normalized spacial score (nSPS) is 15.3. The van der Waals surface area contributed by atoms with Crippen LogP contribution in [0.1, 0.15) is 52.0 Å². The highest BCUT2D eigenvalue weighted by atomic mass is 16.4. The van der Waals surface area contributed by atoms with Crippen LogP contribution in [0.3, 0.4) is 0 Å². The number of aliphatic hydroxyl groups is 1. The van der Waals surface area contributed by atoms with Gasteiger partial charge in [-0.2, -0.15) is 0 Å². The maximum atomic E-state index is 13.1. The van der Waals surface area contributed by atoms with Crippen molar-refractivity contribution in [2.75, 3.05) is 6.54 Å². The van der Waals surface area contributed by atoms with Crippen LogP contribution in [0.25, 0.3) is 10.9 Å². The van der Waals surface area contributed by atoms with Gasteiger partial charge in [-0.3, -0.25) is 14.4 Å². The van der Waals surface area contributed by atoms with Gasteiger partial charge in [0.1, 0.15) is 18.1 Å². The molecular weight excluding hydrogens is 504 g/mol. The molecule has 1 aromatic heterocycles. The van der Waals surface area contributed by atoms with Gasteiger partial charge in [-0.05, 0) is 63.1 Å². The van der Waals surface area contributed by atoms with Crippen molar-refractivity contribution in [2.45, 2.75) is 83.1 Å². The Balaban J connectivity index is 2.10. The summed E-state index contributed by atoms with van der Waals surface area (Å²) in [4.78, 5) is 53.7. The summed E-state index contributed by atoms with van der Waals surface area (Å²) in [6, 6.07) is 2.97. The second-order valence-electron chi connectivity index (χ2n) is 10.3. The van der Waals surface area contributed by atoms with E-state index in [1.807, 2.05) is 38.1 Å². The van der Waals surface area contributed by atoms with Crippen molar-refractivity contribution >= 4 is 34.6 Å². The number of carbonyl (C=O) groups is 4. The number of carboxylic acid groups (broad SMARTS) is 1. The number of para-hydroxylation sites is 1. The van der Waals surface area contributed by atoms with Gasteiger partial charge in [0.2, 0.25) is 17.7 Å². The van der Waals surface area contributed by atoms with Crippen LogP contribution in [0.5, 0.6) is 0 Å². The summed E-state index contributed by atoms with van der Waals surface area (Å²) < 4.78 is 0. The van der Waals surface area contributed by atoms with Crippen molar-refractivity contribution in [2.24, 2.45) is 17.4 Å². The standard InChI is InChI=1S/C27H42N6O6/c1-15(2)12-22(27(38)39)32-25(36)21(10-6-7-11-28)31-26(37)23(16(3)34)33-24(35)19(29)13-17-14-30-20-9-5-4-8-18(17)20/h4-5,8-9,14-16,19,21-23,30,34H,6-7,10-13,28-29H2,1-3H3,(H,31,37)(H,32,36)(H,33,35)(H,38,39). The van der Waals surface area contributed by atoms with Crippen molar-refractivity contribution in [1.29, 1.82) is 0 Å². The molecule has 12 heteroatoms. The second kappa shape index (κ2) is 15.2. The van der Waals surface area contributed by atoms with E-state index in [0.717, 1.165) is 16.5 Å². The van der Waals surface area contributed by atoms with Crippen LogP contribution in [-0.2, 0) is 25.6 Å². The Labute approximate surface area is 228 Å². The molecule has 0 radical (unpaired) electrons. The number of aromatic nitrogens is 1. The molecule has 39 heavy (non-hydrogen) atoms. The highest BCUT2D eigenvalue weighted by molar-refractivity contribution is 5.94. The lowest BCUT2D eigenvalue weighted by Crippen LogP contribution is -2.60. The number of nitrogens with two attached hydrogens (primary N) is 2. The van der Waals surface area contributed by atoms with Gasteiger partial charge in [0, 0.05) is 17.1 Å². The molecule has 0 saturated carbocycles. The third kappa shape index (κ3) is 9.65. The molecule has 5 atom stereocenters. The number of rotatable bonds is 16. The Bertz CT molecular complexity index is 1120. The lowest BCUT2D eigenvalue weighted by molar-refractivity contribution is -0.143. The van der Waals surface area contributed by atoms with Crippen LogP contribution in [-0.4, -0.2) is 75.7 Å². The zero-order valence-electron chi connectivity index (χ0n) is 22.8. The number of fused-ring (bicyclic) bond motifs is 1. The van der Waals surface area contributed by atoms with Crippen molar-refractivity contribution in [3.63, 3.8) is 0 Å². The molecule has 0 saturated heterocycles. The number of hydrogen-bond acceptors (Lipinski definition) is 7. The first-order chi connectivity index (χ1) is 18.4. The Kier molecular flexibility index (Phi) is 12.4. The van der Waals surface area contributed by atoms with Gasteiger partial charge in [0.25, 0.3) is 0 Å². The third-order valence-corrected chi connectivity index (χ3v) is 6.42. The zero-order chi connectivity index (χ0) is 29.1. The van der Waals surface area contributed by atoms with E-state index < -0.39 is 54.0 Å². The number of nitrogens with one attached hydrogen (secondary N) is 4. The van der Waals surface area contributed by atoms with Gasteiger partial charge in [0.05, 0.1) is 12.1 Å². The summed E-state index contributed by atoms with van der Waals surface area (Å²) in [7, 11) is 0. The largest absolute Gasteiger partial charge is 0.480 e. The number of hydrogen-bond donors (Lipinski definition) is 8. The van der Waals surface area contributed by atoms with Crippen LogP contribution < -0.4 is 27.4 Å². The Hall–Kier alpha value is -3.48. The van der Waals surface area contributed by atoms with Crippen molar-refractivity contribution in [3.8, 4) is 0 Å². The molecule has 2 rings (SSSR count). The maximum Gasteiger partial charge on any atom is 0.326 e. The molecule has 12 nitrogen and oxygen atoms in total. The van der Waals surface area contributed by atoms with E-state index in [4.69, 9.17) is 11.5 Å². The highest BCUT2D eigenvalue weighted by Gasteiger charge is 2.32. The molecule has 10 N–H and O–H groups in total. The van der Waals surface area contributed by atoms with E-state index in [1.165, 1.54) is 6.92 Å². The molecule has 2 aromatic rings. The van der Waals surface area contributed by atoms with E-state index in [0.29, 0.717) is 19.4 Å². The minimum atomic E-state index is -1.39. The van der Waals surface area contributed by atoms with Gasteiger partial charge in [-0.25, -0.2) is 4.79 Å². The fourth-order valence-electron chi connectivity index (χ4n) is 4.28. The van der Waals surface area contributed by atoms with Gasteiger partial charge in [-0.1, -0.05) is 32.0 Å². The summed E-state index contributed by atoms with van der Waals surface area (Å²) in [6.45, 7) is 5.39. The van der Waals surface area contributed by atoms with E-state index in [-0.39, 0.29) is 25.2 Å². The predicted octanol–water partition coefficient (Wildman–Crippen LogP) is 0.133. The lowest BCUT2D eigenvalue weighted by Gasteiger charge is -2.26. The van der Waals surface area contributed by atoms with Gasteiger partial charge < -0.3 is 42.6 Å². The molecule has 5 unspecified atom stereocenters. The number of unbranched alkanes of at least 4 members (excludes halogenated alkanes) is 1. The number of H-pyrrole nitrogens is 1. The van der Waals surface area contributed by atoms with E-state index in [9.17, 15) is 29.4 Å². The smallest absolute Gasteiger partial charge is 0.326 e. The van der Waals surface area contributed by atoms with Gasteiger partial charge >= 0.3 is 5.97 Å². The van der Waals surface area contributed by atoms with Crippen molar-refractivity contribution in [1.82, 2.24) is 20.9 Å². The van der Waals surface area contributed by atoms with Crippen molar-refractivity contribution in [3.05, 3.63) is 36.0 Å². The van der Waals surface area contributed by atoms with Crippen molar-refractivity contribution < 1.29 is 29.4 Å². The predicted molar refractivity (Wildman–Crippen MR) is 147 cm³/mol. The number of amides is 3. The SMILES string of the molecule is CC(C)CC(NC(=O)C(CCCCN)NC(=O)C(NC(=O)C(N)Cc1c[nH]c2ccccc12)C(C)O)C(=O)O. The maximum absolute atomic E-state index is 13.1. The summed E-state index contributed by atoms with van der Waals surface area (Å²) >= 11 is 0. The molecule has 0 aliphatic rings. The summed E-state index contributed by atoms with van der Waals surface area (Å²) in [5, 5.41) is 28.2. The Morgan fingerprint density at radius 2 is 1.62 bits per heavy atom. The molecule has 0 aliphatic heterocycles. The summed E-state index contributed by atoms with van der Waals surface area (Å²) in [6.07, 6.45) is 2.17. The fourth-order valence-corrected chi connectivity index (χ4v) is 4.28. The zero-order valence-corrected chi connectivity index (χ0v) is 22.8. The first-order valence-electron chi connectivity index (χ1n) is 13.3. The van der Waals surface area contributed by atoms with Crippen LogP contribution in [0.15, 0.2) is 30.5 Å². The van der Waals surface area contributed by atoms with E-state index in [2.05, 4.69) is 20.9 Å². The number of carboxylic acids is 1. The second-order valence-corrected chi connectivity index (χ2v) is 10.3. The minimum absolute atomic E-state index is 0.0139. The summed E-state index contributed by atoms with van der Waals surface area (Å²) in [5.41, 5.74) is 13.4. The molecule has 216 valence electrons. The molecule has 0 aliphatic carbocycles. The molecule has 0 fully saturated rings. The Morgan fingerprint density at radius 1 is 0.949 bits per heavy atom. The molecule has 1 aromatic carbocycles. The van der Waals surface area contributed by atoms with Crippen LogP contribution in [0, 0.1) is 5.92 Å². The van der Waals surface area contributed by atoms with E-state index >= 15 is 0 Å². The number of carbonyl (C=O) groups excluding carboxylic acids is 3. The number of aromatic amines is 1. The van der Waals surface area contributed by atoms with Gasteiger partial charge in [0.15, 0.2) is 0 Å². The minimum Gasteiger partial charge on any atom is -0.480 e. The van der Waals surface area contributed by atoms with Gasteiger partial charge in [-0.15, -0.1) is 0 Å². The molecule has 3 amide bonds. The number of aliphatic hydroxyl groups excluding tert-OH is 1. The van der Waals surface area contributed by atoms with Crippen LogP contribution in [0.4, 0.5) is 0 Å². The first kappa shape index (κ1) is 31.7. The third-order valence-electron chi connectivity index (χ3n) is 6.42. The quantitative estimate of drug-likeness (QED) is 0.135. The average Bonchev–Trinajstić information content (AvgIpc) is 3.28. The lowest BCUT2D eigenvalue weighted by atomic mass is 10.0.